The molecule has 0 radical (unpaired) electrons. The summed E-state index contributed by atoms with van der Waals surface area (Å²) in [5, 5.41) is 4.01. The normalized spacial score (nSPS) is 21.7. The third kappa shape index (κ3) is 3.16. The lowest BCUT2D eigenvalue weighted by Crippen LogP contribution is -2.20. The number of sulfone groups is 1. The first-order valence-electron chi connectivity index (χ1n) is 7.49. The molecule has 1 aliphatic rings. The number of nitrogens with zero attached hydrogens (tertiary/aromatic N) is 2. The quantitative estimate of drug-likeness (QED) is 0.846. The van der Waals surface area contributed by atoms with Gasteiger partial charge in [0.1, 0.15) is 0 Å². The molecule has 0 aliphatic heterocycles. The monoisotopic (exact) mass is 354 g/mol. The molecule has 0 amide bonds. The second-order valence-electron chi connectivity index (χ2n) is 5.91. The Balaban J connectivity index is 1.91. The highest BCUT2D eigenvalue weighted by Crippen LogP contribution is 2.34. The van der Waals surface area contributed by atoms with Crippen LogP contribution >= 0.6 is 11.6 Å². The first kappa shape index (κ1) is 16.5. The van der Waals surface area contributed by atoms with Crippen LogP contribution in [0.1, 0.15) is 24.8 Å². The summed E-state index contributed by atoms with van der Waals surface area (Å²) in [6.45, 7) is 1.94. The van der Waals surface area contributed by atoms with Crippen LogP contribution in [-0.2, 0) is 14.6 Å². The first-order chi connectivity index (χ1) is 10.9. The Labute approximate surface area is 141 Å². The van der Waals surface area contributed by atoms with Gasteiger partial charge in [-0.25, -0.2) is 13.1 Å². The fourth-order valence-electron chi connectivity index (χ4n) is 2.99. The van der Waals surface area contributed by atoms with Gasteiger partial charge in [0.15, 0.2) is 9.84 Å². The van der Waals surface area contributed by atoms with Gasteiger partial charge >= 0.3 is 0 Å². The minimum absolute atomic E-state index is 0.0138. The zero-order valence-corrected chi connectivity index (χ0v) is 14.6. The Morgan fingerprint density at radius 2 is 2.13 bits per heavy atom. The van der Waals surface area contributed by atoms with E-state index in [1.54, 1.807) is 36.2 Å². The van der Waals surface area contributed by atoms with Gasteiger partial charge in [-0.1, -0.05) is 11.6 Å². The third-order valence-electron chi connectivity index (χ3n) is 4.31. The molecule has 0 spiro atoms. The lowest BCUT2D eigenvalue weighted by Gasteiger charge is -2.14. The molecule has 1 aliphatic carbocycles. The first-order valence-corrected chi connectivity index (χ1v) is 9.42. The molecule has 0 saturated heterocycles. The van der Waals surface area contributed by atoms with Crippen molar-refractivity contribution in [3.8, 4) is 5.69 Å². The standard InChI is InChI=1S/C16H19ClN2O3S/c1-11-9-18-19(10-11)12-3-6-16(15(17)7-12)23(20,21)14-5-4-13(8-14)22-2/h3,6-7,9-10,13-14H,4-5,8H2,1-2H3. The van der Waals surface area contributed by atoms with Crippen molar-refractivity contribution in [2.24, 2.45) is 0 Å². The third-order valence-corrected chi connectivity index (χ3v) is 7.01. The molecule has 1 aromatic carbocycles. The van der Waals surface area contributed by atoms with Gasteiger partial charge in [-0.15, -0.1) is 0 Å². The molecule has 1 saturated carbocycles. The van der Waals surface area contributed by atoms with Gasteiger partial charge in [0.25, 0.3) is 0 Å². The molecule has 0 bridgehead atoms. The maximum absolute atomic E-state index is 12.8. The van der Waals surface area contributed by atoms with Gasteiger partial charge in [-0.05, 0) is 49.9 Å². The molecule has 1 fully saturated rings. The van der Waals surface area contributed by atoms with Crippen molar-refractivity contribution in [3.63, 3.8) is 0 Å². The summed E-state index contributed by atoms with van der Waals surface area (Å²) in [5.41, 5.74) is 1.76. The summed E-state index contributed by atoms with van der Waals surface area (Å²) in [5.74, 6) is 0. The summed E-state index contributed by atoms with van der Waals surface area (Å²) < 4.78 is 32.6. The number of methoxy groups -OCH3 is 1. The zero-order valence-electron chi connectivity index (χ0n) is 13.1. The molecule has 2 atom stereocenters. The minimum Gasteiger partial charge on any atom is -0.381 e. The average molecular weight is 355 g/mol. The molecule has 124 valence electrons. The van der Waals surface area contributed by atoms with E-state index in [-0.39, 0.29) is 16.0 Å². The predicted molar refractivity (Wildman–Crippen MR) is 88.9 cm³/mol. The summed E-state index contributed by atoms with van der Waals surface area (Å²) >= 11 is 6.27. The van der Waals surface area contributed by atoms with E-state index in [2.05, 4.69) is 5.10 Å². The molecule has 1 heterocycles. The summed E-state index contributed by atoms with van der Waals surface area (Å²) in [4.78, 5) is 0.188. The lowest BCUT2D eigenvalue weighted by atomic mass is 10.3. The van der Waals surface area contributed by atoms with Crippen molar-refractivity contribution >= 4 is 21.4 Å². The second-order valence-corrected chi connectivity index (χ2v) is 8.52. The van der Waals surface area contributed by atoms with Crippen molar-refractivity contribution < 1.29 is 13.2 Å². The summed E-state index contributed by atoms with van der Waals surface area (Å²) in [6, 6.07) is 4.95. The van der Waals surface area contributed by atoms with E-state index >= 15 is 0 Å². The topological polar surface area (TPSA) is 61.2 Å². The van der Waals surface area contributed by atoms with Crippen LogP contribution in [0.5, 0.6) is 0 Å². The SMILES string of the molecule is COC1CCC(S(=O)(=O)c2ccc(-n3cc(C)cn3)cc2Cl)C1. The van der Waals surface area contributed by atoms with Gasteiger partial charge in [0.05, 0.1) is 33.2 Å². The second kappa shape index (κ2) is 6.26. The Morgan fingerprint density at radius 3 is 2.70 bits per heavy atom. The van der Waals surface area contributed by atoms with Gasteiger partial charge < -0.3 is 4.74 Å². The van der Waals surface area contributed by atoms with Crippen LogP contribution in [-0.4, -0.2) is 36.7 Å². The number of rotatable bonds is 4. The van der Waals surface area contributed by atoms with Crippen molar-refractivity contribution in [1.29, 1.82) is 0 Å². The maximum atomic E-state index is 12.8. The van der Waals surface area contributed by atoms with E-state index in [0.29, 0.717) is 12.8 Å². The van der Waals surface area contributed by atoms with Gasteiger partial charge in [-0.3, -0.25) is 0 Å². The molecule has 5 nitrogen and oxygen atoms in total. The molecule has 23 heavy (non-hydrogen) atoms. The Kier molecular flexibility index (Phi) is 4.49. The number of ether oxygens (including phenoxy) is 1. The van der Waals surface area contributed by atoms with E-state index < -0.39 is 15.1 Å². The highest BCUT2D eigenvalue weighted by molar-refractivity contribution is 7.92. The van der Waals surface area contributed by atoms with Gasteiger partial charge in [0, 0.05) is 13.3 Å². The van der Waals surface area contributed by atoms with Crippen LogP contribution in [0, 0.1) is 6.92 Å². The lowest BCUT2D eigenvalue weighted by molar-refractivity contribution is 0.109. The predicted octanol–water partition coefficient (Wildman–Crippen LogP) is 3.18. The highest BCUT2D eigenvalue weighted by atomic mass is 35.5. The fourth-order valence-corrected chi connectivity index (χ4v) is 5.35. The average Bonchev–Trinajstić information content (AvgIpc) is 3.15. The summed E-state index contributed by atoms with van der Waals surface area (Å²) in [7, 11) is -1.83. The van der Waals surface area contributed by atoms with Crippen LogP contribution in [0.3, 0.4) is 0 Å². The maximum Gasteiger partial charge on any atom is 0.182 e. The van der Waals surface area contributed by atoms with E-state index in [4.69, 9.17) is 16.3 Å². The number of hydrogen-bond acceptors (Lipinski definition) is 4. The van der Waals surface area contributed by atoms with Crippen LogP contribution in [0.15, 0.2) is 35.5 Å². The molecule has 2 unspecified atom stereocenters. The van der Waals surface area contributed by atoms with E-state index in [1.165, 1.54) is 0 Å². The number of aromatic nitrogens is 2. The van der Waals surface area contributed by atoms with Crippen molar-refractivity contribution in [3.05, 3.63) is 41.2 Å². The minimum atomic E-state index is -3.45. The largest absolute Gasteiger partial charge is 0.381 e. The van der Waals surface area contributed by atoms with E-state index in [1.807, 2.05) is 13.1 Å². The fraction of sp³-hybridized carbons (Fsp3) is 0.438. The van der Waals surface area contributed by atoms with Gasteiger partial charge in [-0.2, -0.15) is 5.10 Å². The number of hydrogen-bond donors (Lipinski definition) is 0. The van der Waals surface area contributed by atoms with Crippen LogP contribution in [0.25, 0.3) is 5.69 Å². The Bertz CT molecular complexity index is 816. The van der Waals surface area contributed by atoms with Crippen LogP contribution in [0.4, 0.5) is 0 Å². The molecule has 2 aromatic rings. The number of benzene rings is 1. The molecule has 7 heteroatoms. The highest BCUT2D eigenvalue weighted by Gasteiger charge is 2.36. The molecule has 3 rings (SSSR count). The Hall–Kier alpha value is -1.37. The summed E-state index contributed by atoms with van der Waals surface area (Å²) in [6.07, 6.45) is 5.51. The molecule has 0 N–H and O–H groups in total. The molecular weight excluding hydrogens is 336 g/mol. The van der Waals surface area contributed by atoms with Crippen molar-refractivity contribution in [2.75, 3.05) is 7.11 Å². The van der Waals surface area contributed by atoms with Crippen molar-refractivity contribution in [1.82, 2.24) is 9.78 Å². The zero-order chi connectivity index (χ0) is 16.6. The van der Waals surface area contributed by atoms with Crippen molar-refractivity contribution in [2.45, 2.75) is 42.4 Å². The van der Waals surface area contributed by atoms with E-state index in [0.717, 1.165) is 17.7 Å². The Morgan fingerprint density at radius 1 is 1.35 bits per heavy atom. The molecule has 1 aromatic heterocycles. The van der Waals surface area contributed by atoms with Crippen LogP contribution < -0.4 is 0 Å². The number of aryl methyl sites for hydroxylation is 1. The van der Waals surface area contributed by atoms with Gasteiger partial charge in [0.2, 0.25) is 0 Å². The molecular formula is C16H19ClN2O3S. The number of halogens is 1. The van der Waals surface area contributed by atoms with E-state index in [9.17, 15) is 8.42 Å². The van der Waals surface area contributed by atoms with Crippen LogP contribution in [0.2, 0.25) is 5.02 Å². The smallest absolute Gasteiger partial charge is 0.182 e.